The van der Waals surface area contributed by atoms with Crippen molar-refractivity contribution in [3.05, 3.63) is 29.3 Å². The van der Waals surface area contributed by atoms with E-state index in [4.69, 9.17) is 0 Å². The molecule has 2 aliphatic heterocycles. The lowest BCUT2D eigenvalue weighted by Crippen LogP contribution is -2.49. The molecule has 0 aliphatic carbocycles. The second kappa shape index (κ2) is 5.75. The predicted octanol–water partition coefficient (Wildman–Crippen LogP) is 2.44. The molecule has 2 atom stereocenters. The molecule has 4 nitrogen and oxygen atoms in total. The van der Waals surface area contributed by atoms with Crippen molar-refractivity contribution < 1.29 is 9.59 Å². The van der Waals surface area contributed by atoms with Crippen LogP contribution in [0.5, 0.6) is 0 Å². The van der Waals surface area contributed by atoms with Gasteiger partial charge in [-0.05, 0) is 43.2 Å². The Hall–Kier alpha value is -1.84. The smallest absolute Gasteiger partial charge is 0.249 e. The maximum Gasteiger partial charge on any atom is 0.249 e. The molecular formula is C18H24N2O2. The lowest BCUT2D eigenvalue weighted by Gasteiger charge is -2.26. The van der Waals surface area contributed by atoms with E-state index in [1.165, 1.54) is 11.1 Å². The largest absolute Gasteiger partial charge is 0.344 e. The zero-order valence-corrected chi connectivity index (χ0v) is 13.6. The Kier molecular flexibility index (Phi) is 3.94. The van der Waals surface area contributed by atoms with Crippen LogP contribution in [0.4, 0.5) is 5.69 Å². The van der Waals surface area contributed by atoms with E-state index < -0.39 is 6.04 Å². The van der Waals surface area contributed by atoms with Gasteiger partial charge < -0.3 is 10.2 Å². The van der Waals surface area contributed by atoms with E-state index >= 15 is 0 Å². The Balaban J connectivity index is 1.85. The minimum atomic E-state index is -0.396. The van der Waals surface area contributed by atoms with Crippen molar-refractivity contribution in [2.75, 3.05) is 4.90 Å². The SMILES string of the molecule is CC(C)CC(=O)NC1CCc2cccc3c2N(C1=O)C(C)C3. The lowest BCUT2D eigenvalue weighted by atomic mass is 10.0. The van der Waals surface area contributed by atoms with Crippen LogP contribution in [0.2, 0.25) is 0 Å². The molecule has 0 saturated heterocycles. The number of rotatable bonds is 3. The molecule has 118 valence electrons. The molecule has 22 heavy (non-hydrogen) atoms. The van der Waals surface area contributed by atoms with E-state index in [-0.39, 0.29) is 17.9 Å². The van der Waals surface area contributed by atoms with E-state index in [9.17, 15) is 9.59 Å². The van der Waals surface area contributed by atoms with Crippen molar-refractivity contribution >= 4 is 17.5 Å². The van der Waals surface area contributed by atoms with E-state index in [0.29, 0.717) is 18.8 Å². The van der Waals surface area contributed by atoms with Crippen molar-refractivity contribution in [1.82, 2.24) is 5.32 Å². The third-order valence-corrected chi connectivity index (χ3v) is 4.57. The first kappa shape index (κ1) is 15.1. The van der Waals surface area contributed by atoms with Crippen LogP contribution in [0.25, 0.3) is 0 Å². The third-order valence-electron chi connectivity index (χ3n) is 4.57. The number of aryl methyl sites for hydroxylation is 1. The zero-order valence-electron chi connectivity index (χ0n) is 13.6. The number of hydrogen-bond donors (Lipinski definition) is 1. The van der Waals surface area contributed by atoms with Crippen molar-refractivity contribution in [2.45, 2.75) is 58.5 Å². The number of carbonyl (C=O) groups excluding carboxylic acids is 2. The predicted molar refractivity (Wildman–Crippen MR) is 86.8 cm³/mol. The van der Waals surface area contributed by atoms with E-state index in [1.54, 1.807) is 0 Å². The maximum absolute atomic E-state index is 12.9. The van der Waals surface area contributed by atoms with Gasteiger partial charge in [-0.25, -0.2) is 0 Å². The molecule has 0 saturated carbocycles. The Morgan fingerprint density at radius 2 is 2.09 bits per heavy atom. The van der Waals surface area contributed by atoms with Crippen LogP contribution in [0.1, 0.15) is 44.7 Å². The van der Waals surface area contributed by atoms with E-state index in [2.05, 4.69) is 30.4 Å². The number of amides is 2. The minimum absolute atomic E-state index is 0.0219. The summed E-state index contributed by atoms with van der Waals surface area (Å²) in [5.74, 6) is 0.329. The third kappa shape index (κ3) is 2.62. The number of nitrogens with zero attached hydrogens (tertiary/aromatic N) is 1. The molecule has 2 heterocycles. The molecule has 2 amide bonds. The first-order valence-corrected chi connectivity index (χ1v) is 8.20. The molecule has 1 N–H and O–H groups in total. The molecule has 4 heteroatoms. The average molecular weight is 300 g/mol. The summed E-state index contributed by atoms with van der Waals surface area (Å²) < 4.78 is 0. The number of carbonyl (C=O) groups is 2. The molecule has 0 radical (unpaired) electrons. The maximum atomic E-state index is 12.9. The van der Waals surface area contributed by atoms with Gasteiger partial charge in [0, 0.05) is 12.5 Å². The second-order valence-electron chi connectivity index (χ2n) is 6.94. The zero-order chi connectivity index (χ0) is 15.9. The highest BCUT2D eigenvalue weighted by Gasteiger charge is 2.38. The summed E-state index contributed by atoms with van der Waals surface area (Å²) in [4.78, 5) is 26.9. The van der Waals surface area contributed by atoms with E-state index in [1.807, 2.05) is 18.7 Å². The van der Waals surface area contributed by atoms with E-state index in [0.717, 1.165) is 18.5 Å². The summed E-state index contributed by atoms with van der Waals surface area (Å²) in [6, 6.07) is 6.07. The monoisotopic (exact) mass is 300 g/mol. The van der Waals surface area contributed by atoms with Crippen LogP contribution in [0.15, 0.2) is 18.2 Å². The van der Waals surface area contributed by atoms with Crippen LogP contribution in [0.3, 0.4) is 0 Å². The summed E-state index contributed by atoms with van der Waals surface area (Å²) in [7, 11) is 0. The minimum Gasteiger partial charge on any atom is -0.344 e. The molecule has 1 aromatic rings. The Labute approximate surface area is 131 Å². The standard InChI is InChI=1S/C18H24N2O2/c1-11(2)9-16(21)19-15-8-7-13-5-4-6-14-10-12(3)20(17(13)14)18(15)22/h4-6,11-12,15H,7-10H2,1-3H3,(H,19,21). The molecule has 0 aromatic heterocycles. The quantitative estimate of drug-likeness (QED) is 0.932. The highest BCUT2D eigenvalue weighted by molar-refractivity contribution is 6.02. The molecule has 3 rings (SSSR count). The summed E-state index contributed by atoms with van der Waals surface area (Å²) >= 11 is 0. The van der Waals surface area contributed by atoms with Crippen molar-refractivity contribution in [2.24, 2.45) is 5.92 Å². The van der Waals surface area contributed by atoms with Crippen molar-refractivity contribution in [1.29, 1.82) is 0 Å². The van der Waals surface area contributed by atoms with Gasteiger partial charge in [0.25, 0.3) is 0 Å². The van der Waals surface area contributed by atoms with Gasteiger partial charge in [0.1, 0.15) is 6.04 Å². The van der Waals surface area contributed by atoms with Crippen molar-refractivity contribution in [3.8, 4) is 0 Å². The highest BCUT2D eigenvalue weighted by Crippen LogP contribution is 2.38. The lowest BCUT2D eigenvalue weighted by molar-refractivity contribution is -0.128. The van der Waals surface area contributed by atoms with Gasteiger partial charge in [-0.3, -0.25) is 9.59 Å². The fourth-order valence-corrected chi connectivity index (χ4v) is 3.63. The molecule has 2 aliphatic rings. The van der Waals surface area contributed by atoms with Gasteiger partial charge in [0.05, 0.1) is 5.69 Å². The Morgan fingerprint density at radius 1 is 1.36 bits per heavy atom. The number of anilines is 1. The number of hydrogen-bond acceptors (Lipinski definition) is 2. The Bertz CT molecular complexity index is 609. The van der Waals surface area contributed by atoms with Crippen LogP contribution in [-0.4, -0.2) is 23.9 Å². The van der Waals surface area contributed by atoms with Crippen LogP contribution >= 0.6 is 0 Å². The number of para-hydroxylation sites is 1. The van der Waals surface area contributed by atoms with Gasteiger partial charge in [-0.2, -0.15) is 0 Å². The molecule has 2 unspecified atom stereocenters. The highest BCUT2D eigenvalue weighted by atomic mass is 16.2. The van der Waals surface area contributed by atoms with Crippen LogP contribution in [-0.2, 0) is 22.4 Å². The van der Waals surface area contributed by atoms with Crippen molar-refractivity contribution in [3.63, 3.8) is 0 Å². The first-order chi connectivity index (χ1) is 10.5. The molecule has 0 bridgehead atoms. The number of benzene rings is 1. The summed E-state index contributed by atoms with van der Waals surface area (Å²) in [6.45, 7) is 6.11. The topological polar surface area (TPSA) is 49.4 Å². The summed E-state index contributed by atoms with van der Waals surface area (Å²) in [5, 5.41) is 2.95. The summed E-state index contributed by atoms with van der Waals surface area (Å²) in [6.07, 6.45) is 2.90. The molecule has 1 aromatic carbocycles. The average Bonchev–Trinajstić information content (AvgIpc) is 2.70. The van der Waals surface area contributed by atoms with Gasteiger partial charge >= 0.3 is 0 Å². The first-order valence-electron chi connectivity index (χ1n) is 8.20. The molecular weight excluding hydrogens is 276 g/mol. The van der Waals surface area contributed by atoms with Crippen LogP contribution < -0.4 is 10.2 Å². The second-order valence-corrected chi connectivity index (χ2v) is 6.94. The Morgan fingerprint density at radius 3 is 2.82 bits per heavy atom. The molecule has 0 spiro atoms. The normalized spacial score (nSPS) is 23.5. The molecule has 0 fully saturated rings. The van der Waals surface area contributed by atoms with Gasteiger partial charge in [0.2, 0.25) is 11.8 Å². The number of nitrogens with one attached hydrogen (secondary N) is 1. The van der Waals surface area contributed by atoms with Gasteiger partial charge in [-0.15, -0.1) is 0 Å². The van der Waals surface area contributed by atoms with Crippen LogP contribution in [0, 0.1) is 5.92 Å². The van der Waals surface area contributed by atoms with Gasteiger partial charge in [-0.1, -0.05) is 32.0 Å². The fraction of sp³-hybridized carbons (Fsp3) is 0.556. The summed E-state index contributed by atoms with van der Waals surface area (Å²) in [5.41, 5.74) is 3.59. The van der Waals surface area contributed by atoms with Gasteiger partial charge in [0.15, 0.2) is 0 Å². The fourth-order valence-electron chi connectivity index (χ4n) is 3.63.